The van der Waals surface area contributed by atoms with Gasteiger partial charge in [0.25, 0.3) is 0 Å². The number of hydrogen-bond donors (Lipinski definition) is 0. The lowest BCUT2D eigenvalue weighted by molar-refractivity contribution is 0.831. The van der Waals surface area contributed by atoms with Crippen molar-refractivity contribution in [3.05, 3.63) is 24.4 Å². The molecule has 0 atom stereocenters. The summed E-state index contributed by atoms with van der Waals surface area (Å²) in [6.07, 6.45) is 9.98. The zero-order chi connectivity index (χ0) is 12.1. The normalized spacial score (nSPS) is 14.1. The molecule has 0 fully saturated rings. The number of allylic oxidation sites excluding steroid dienone is 3. The number of hydrogen-bond acceptors (Lipinski definition) is 1. The van der Waals surface area contributed by atoms with Gasteiger partial charge in [0.2, 0.25) is 0 Å². The molecule has 0 rings (SSSR count). The highest BCUT2D eigenvalue weighted by atomic mass is 28.4. The van der Waals surface area contributed by atoms with Gasteiger partial charge in [0, 0.05) is 0 Å². The molecule has 0 unspecified atom stereocenters. The van der Waals surface area contributed by atoms with Gasteiger partial charge in [-0.05, 0) is 18.7 Å². The quantitative estimate of drug-likeness (QED) is 0.508. The van der Waals surface area contributed by atoms with E-state index in [9.17, 15) is 0 Å². The van der Waals surface area contributed by atoms with Gasteiger partial charge >= 0.3 is 0 Å². The first-order valence-electron chi connectivity index (χ1n) is 5.82. The van der Waals surface area contributed by atoms with Gasteiger partial charge in [0.1, 0.15) is 16.5 Å². The summed E-state index contributed by atoms with van der Waals surface area (Å²) in [6, 6.07) is 0. The van der Waals surface area contributed by atoms with Crippen LogP contribution in [0.3, 0.4) is 0 Å². The fourth-order valence-corrected chi connectivity index (χ4v) is 10.9. The maximum atomic E-state index is 2.67. The fraction of sp³-hybridized carbons (Fsp3) is 0.667. The molecular formula is C12H27NSi2. The first kappa shape index (κ1) is 14.7. The van der Waals surface area contributed by atoms with Crippen molar-refractivity contribution in [2.24, 2.45) is 0 Å². The van der Waals surface area contributed by atoms with Gasteiger partial charge in [0.15, 0.2) is 0 Å². The van der Waals surface area contributed by atoms with Crippen LogP contribution in [0.1, 0.15) is 13.3 Å². The molecule has 0 amide bonds. The molecule has 1 nitrogen and oxygen atoms in total. The van der Waals surface area contributed by atoms with Crippen LogP contribution in [0, 0.1) is 0 Å². The van der Waals surface area contributed by atoms with Crippen LogP contribution < -0.4 is 0 Å². The molecule has 3 heteroatoms. The zero-order valence-corrected chi connectivity index (χ0v) is 13.5. The molecule has 0 aliphatic heterocycles. The van der Waals surface area contributed by atoms with E-state index in [2.05, 4.69) is 74.9 Å². The predicted molar refractivity (Wildman–Crippen MR) is 77.1 cm³/mol. The molecular weight excluding hydrogens is 214 g/mol. The van der Waals surface area contributed by atoms with Gasteiger partial charge < -0.3 is 4.23 Å². The number of rotatable bonds is 5. The van der Waals surface area contributed by atoms with Gasteiger partial charge in [-0.1, -0.05) is 58.4 Å². The summed E-state index contributed by atoms with van der Waals surface area (Å²) < 4.78 is 2.67. The summed E-state index contributed by atoms with van der Waals surface area (Å²) in [5, 5.41) is 0. The lowest BCUT2D eigenvalue weighted by Gasteiger charge is -2.43. The van der Waals surface area contributed by atoms with E-state index in [4.69, 9.17) is 0 Å². The molecule has 88 valence electrons. The van der Waals surface area contributed by atoms with Crippen LogP contribution in [-0.2, 0) is 0 Å². The molecule has 0 saturated heterocycles. The Bertz CT molecular complexity index is 217. The Morgan fingerprint density at radius 3 is 1.67 bits per heavy atom. The molecule has 0 radical (unpaired) electrons. The van der Waals surface area contributed by atoms with Crippen molar-refractivity contribution >= 4 is 16.5 Å². The van der Waals surface area contributed by atoms with Gasteiger partial charge in [0.05, 0.1) is 0 Å². The minimum Gasteiger partial charge on any atom is -0.431 e. The molecule has 0 N–H and O–H groups in total. The molecule has 0 aromatic carbocycles. The van der Waals surface area contributed by atoms with Crippen molar-refractivity contribution < 1.29 is 0 Å². The highest BCUT2D eigenvalue weighted by Gasteiger charge is 2.31. The van der Waals surface area contributed by atoms with Gasteiger partial charge in [-0.2, -0.15) is 0 Å². The Kier molecular flexibility index (Phi) is 5.59. The first-order valence-corrected chi connectivity index (χ1v) is 12.7. The van der Waals surface area contributed by atoms with Crippen molar-refractivity contribution in [3.8, 4) is 0 Å². The van der Waals surface area contributed by atoms with E-state index in [1.54, 1.807) is 0 Å². The average Bonchev–Trinajstić information content (AvgIpc) is 1.99. The Morgan fingerprint density at radius 2 is 1.33 bits per heavy atom. The summed E-state index contributed by atoms with van der Waals surface area (Å²) in [5.41, 5.74) is 0. The van der Waals surface area contributed by atoms with Crippen LogP contribution in [0.15, 0.2) is 24.4 Å². The maximum absolute atomic E-state index is 2.67. The van der Waals surface area contributed by atoms with E-state index < -0.39 is 16.5 Å². The van der Waals surface area contributed by atoms with Crippen LogP contribution >= 0.6 is 0 Å². The maximum Gasteiger partial charge on any atom is 0.138 e. The monoisotopic (exact) mass is 241 g/mol. The molecule has 15 heavy (non-hydrogen) atoms. The average molecular weight is 242 g/mol. The lowest BCUT2D eigenvalue weighted by atomic mass is 10.4. The third-order valence-corrected chi connectivity index (χ3v) is 9.38. The predicted octanol–water partition coefficient (Wildman–Crippen LogP) is 4.44. The highest BCUT2D eigenvalue weighted by molar-refractivity contribution is 6.89. The summed E-state index contributed by atoms with van der Waals surface area (Å²) in [6.45, 7) is 16.7. The molecule has 0 aromatic heterocycles. The lowest BCUT2D eigenvalue weighted by Crippen LogP contribution is -2.55. The van der Waals surface area contributed by atoms with Crippen LogP contribution in [0.2, 0.25) is 39.3 Å². The van der Waals surface area contributed by atoms with Crippen molar-refractivity contribution in [1.82, 2.24) is 4.23 Å². The largest absolute Gasteiger partial charge is 0.431 e. The molecule has 0 heterocycles. The van der Waals surface area contributed by atoms with E-state index >= 15 is 0 Å². The van der Waals surface area contributed by atoms with Crippen molar-refractivity contribution in [2.45, 2.75) is 52.6 Å². The van der Waals surface area contributed by atoms with Crippen LogP contribution in [0.5, 0.6) is 0 Å². The summed E-state index contributed by atoms with van der Waals surface area (Å²) in [4.78, 5) is 0. The molecule has 0 aliphatic carbocycles. The van der Waals surface area contributed by atoms with Crippen molar-refractivity contribution in [1.29, 1.82) is 0 Å². The third kappa shape index (κ3) is 6.00. The van der Waals surface area contributed by atoms with E-state index in [1.165, 1.54) is 0 Å². The summed E-state index contributed by atoms with van der Waals surface area (Å²) >= 11 is 0. The standard InChI is InChI=1S/C12H27NSi2/c1-8-9-10-11-12-13(14(2,3)4)15(5,6)7/h9-12H,8H2,1-7H3/b10-9+,12-11+. The minimum atomic E-state index is -1.21. The topological polar surface area (TPSA) is 3.24 Å². The van der Waals surface area contributed by atoms with E-state index in [0.717, 1.165) is 6.42 Å². The first-order chi connectivity index (χ1) is 6.69. The van der Waals surface area contributed by atoms with Crippen molar-refractivity contribution in [2.75, 3.05) is 0 Å². The second kappa shape index (κ2) is 5.70. The molecule has 0 spiro atoms. The van der Waals surface area contributed by atoms with E-state index in [1.807, 2.05) is 0 Å². The van der Waals surface area contributed by atoms with Gasteiger partial charge in [-0.25, -0.2) is 0 Å². The summed E-state index contributed by atoms with van der Waals surface area (Å²) in [7, 11) is -2.42. The smallest absolute Gasteiger partial charge is 0.138 e. The Balaban J connectivity index is 4.69. The highest BCUT2D eigenvalue weighted by Crippen LogP contribution is 2.19. The van der Waals surface area contributed by atoms with Crippen LogP contribution in [-0.4, -0.2) is 20.7 Å². The zero-order valence-electron chi connectivity index (χ0n) is 11.5. The molecule has 0 aromatic rings. The van der Waals surface area contributed by atoms with E-state index in [0.29, 0.717) is 0 Å². The van der Waals surface area contributed by atoms with E-state index in [-0.39, 0.29) is 0 Å². The summed E-state index contributed by atoms with van der Waals surface area (Å²) in [5.74, 6) is 0. The Morgan fingerprint density at radius 1 is 0.867 bits per heavy atom. The second-order valence-corrected chi connectivity index (χ2v) is 16.0. The molecule has 0 aliphatic rings. The SMILES string of the molecule is CC/C=C/C=C/N([Si](C)(C)C)[Si](C)(C)C. The Labute approximate surface area is 98.1 Å². The van der Waals surface area contributed by atoms with Gasteiger partial charge in [-0.15, -0.1) is 0 Å². The van der Waals surface area contributed by atoms with Gasteiger partial charge in [-0.3, -0.25) is 0 Å². The second-order valence-electron chi connectivity index (χ2n) is 5.89. The molecule has 0 bridgehead atoms. The third-order valence-electron chi connectivity index (χ3n) is 2.16. The Hall–Kier alpha value is -0.286. The van der Waals surface area contributed by atoms with Crippen LogP contribution in [0.4, 0.5) is 0 Å². The minimum absolute atomic E-state index is 1.12. The fourth-order valence-electron chi connectivity index (χ4n) is 1.80. The van der Waals surface area contributed by atoms with Crippen LogP contribution in [0.25, 0.3) is 0 Å². The number of nitrogens with zero attached hydrogens (tertiary/aromatic N) is 1. The van der Waals surface area contributed by atoms with Crippen molar-refractivity contribution in [3.63, 3.8) is 0 Å². The molecule has 0 saturated carbocycles.